The van der Waals surface area contributed by atoms with Crippen LogP contribution in [0.2, 0.25) is 0 Å². The quantitative estimate of drug-likeness (QED) is 0.619. The molecule has 2 heterocycles. The van der Waals surface area contributed by atoms with Crippen LogP contribution in [0.25, 0.3) is 0 Å². The first-order valence-electron chi connectivity index (χ1n) is 6.37. The predicted molar refractivity (Wildman–Crippen MR) is 77.6 cm³/mol. The van der Waals surface area contributed by atoms with Crippen molar-refractivity contribution < 1.29 is 4.79 Å². The summed E-state index contributed by atoms with van der Waals surface area (Å²) in [4.78, 5) is 24.7. The van der Waals surface area contributed by atoms with E-state index in [-0.39, 0.29) is 11.8 Å². The lowest BCUT2D eigenvalue weighted by atomic mass is 10.1. The SMILES string of the molecule is CSc1nc(C)cc(N2CCC(C(=O)N(C)C)C2)n1. The van der Waals surface area contributed by atoms with Gasteiger partial charge in [0.1, 0.15) is 5.82 Å². The molecule has 0 bridgehead atoms. The van der Waals surface area contributed by atoms with Gasteiger partial charge in [-0.2, -0.15) is 0 Å². The molecule has 6 heteroatoms. The molecule has 1 atom stereocenters. The topological polar surface area (TPSA) is 49.3 Å². The van der Waals surface area contributed by atoms with Crippen molar-refractivity contribution in [3.05, 3.63) is 11.8 Å². The van der Waals surface area contributed by atoms with E-state index in [1.165, 1.54) is 0 Å². The van der Waals surface area contributed by atoms with Crippen molar-refractivity contribution in [3.63, 3.8) is 0 Å². The van der Waals surface area contributed by atoms with Gasteiger partial charge in [0.05, 0.1) is 5.92 Å². The van der Waals surface area contributed by atoms with Gasteiger partial charge >= 0.3 is 0 Å². The van der Waals surface area contributed by atoms with Crippen molar-refractivity contribution in [1.82, 2.24) is 14.9 Å². The van der Waals surface area contributed by atoms with E-state index in [4.69, 9.17) is 0 Å². The normalized spacial score (nSPS) is 18.7. The number of hydrogen-bond acceptors (Lipinski definition) is 5. The number of rotatable bonds is 3. The lowest BCUT2D eigenvalue weighted by Gasteiger charge is -2.19. The molecule has 2 rings (SSSR count). The molecule has 1 aliphatic heterocycles. The Hall–Kier alpha value is -1.30. The summed E-state index contributed by atoms with van der Waals surface area (Å²) in [6, 6.07) is 1.99. The standard InChI is InChI=1S/C13H20N4OS/c1-9-7-11(15-13(14-9)19-4)17-6-5-10(8-17)12(18)16(2)3/h7,10H,5-6,8H2,1-4H3. The maximum Gasteiger partial charge on any atom is 0.227 e. The summed E-state index contributed by atoms with van der Waals surface area (Å²) < 4.78 is 0. The Morgan fingerprint density at radius 1 is 1.47 bits per heavy atom. The monoisotopic (exact) mass is 280 g/mol. The van der Waals surface area contributed by atoms with E-state index < -0.39 is 0 Å². The maximum absolute atomic E-state index is 12.0. The van der Waals surface area contributed by atoms with E-state index in [1.807, 2.05) is 33.3 Å². The first-order chi connectivity index (χ1) is 9.01. The number of hydrogen-bond donors (Lipinski definition) is 0. The number of aromatic nitrogens is 2. The summed E-state index contributed by atoms with van der Waals surface area (Å²) in [5.74, 6) is 1.23. The Morgan fingerprint density at radius 3 is 2.84 bits per heavy atom. The highest BCUT2D eigenvalue weighted by Crippen LogP contribution is 2.25. The Kier molecular flexibility index (Phi) is 4.29. The van der Waals surface area contributed by atoms with Gasteiger partial charge in [0.2, 0.25) is 5.91 Å². The molecule has 104 valence electrons. The molecule has 1 aromatic rings. The zero-order chi connectivity index (χ0) is 14.0. The lowest BCUT2D eigenvalue weighted by molar-refractivity contribution is -0.132. The first-order valence-corrected chi connectivity index (χ1v) is 7.59. The van der Waals surface area contributed by atoms with E-state index in [0.29, 0.717) is 0 Å². The summed E-state index contributed by atoms with van der Waals surface area (Å²) in [6.07, 6.45) is 2.87. The summed E-state index contributed by atoms with van der Waals surface area (Å²) >= 11 is 1.54. The van der Waals surface area contributed by atoms with Crippen LogP contribution in [0.3, 0.4) is 0 Å². The van der Waals surface area contributed by atoms with Crippen LogP contribution >= 0.6 is 11.8 Å². The fourth-order valence-electron chi connectivity index (χ4n) is 2.31. The van der Waals surface area contributed by atoms with Gasteiger partial charge in [-0.15, -0.1) is 0 Å². The molecular weight excluding hydrogens is 260 g/mol. The Balaban J connectivity index is 2.12. The fourth-order valence-corrected chi connectivity index (χ4v) is 2.73. The van der Waals surface area contributed by atoms with E-state index in [0.717, 1.165) is 36.2 Å². The largest absolute Gasteiger partial charge is 0.356 e. The summed E-state index contributed by atoms with van der Waals surface area (Å²) in [5, 5.41) is 0.789. The van der Waals surface area contributed by atoms with Gasteiger partial charge in [0, 0.05) is 38.9 Å². The molecule has 0 saturated carbocycles. The lowest BCUT2D eigenvalue weighted by Crippen LogP contribution is -2.32. The maximum atomic E-state index is 12.0. The average Bonchev–Trinajstić information content (AvgIpc) is 2.86. The van der Waals surface area contributed by atoms with Crippen LogP contribution in [0.1, 0.15) is 12.1 Å². The Labute approximate surface area is 118 Å². The van der Waals surface area contributed by atoms with Crippen molar-refractivity contribution in [1.29, 1.82) is 0 Å². The number of amides is 1. The van der Waals surface area contributed by atoms with Gasteiger partial charge in [-0.1, -0.05) is 11.8 Å². The molecule has 0 radical (unpaired) electrons. The van der Waals surface area contributed by atoms with Gasteiger partial charge in [-0.3, -0.25) is 4.79 Å². The van der Waals surface area contributed by atoms with Gasteiger partial charge in [0.15, 0.2) is 5.16 Å². The summed E-state index contributed by atoms with van der Waals surface area (Å²) in [7, 11) is 3.62. The van der Waals surface area contributed by atoms with Crippen LogP contribution in [-0.2, 0) is 4.79 Å². The van der Waals surface area contributed by atoms with Crippen molar-refractivity contribution in [2.24, 2.45) is 5.92 Å². The third kappa shape index (κ3) is 3.18. The van der Waals surface area contributed by atoms with Crippen LogP contribution in [0, 0.1) is 12.8 Å². The third-order valence-corrected chi connectivity index (χ3v) is 3.85. The van der Waals surface area contributed by atoms with Crippen molar-refractivity contribution in [2.75, 3.05) is 38.3 Å². The highest BCUT2D eigenvalue weighted by Gasteiger charge is 2.30. The molecule has 5 nitrogen and oxygen atoms in total. The zero-order valence-corrected chi connectivity index (χ0v) is 12.7. The highest BCUT2D eigenvalue weighted by molar-refractivity contribution is 7.98. The minimum atomic E-state index is 0.0861. The van der Waals surface area contributed by atoms with Crippen molar-refractivity contribution in [2.45, 2.75) is 18.5 Å². The molecule has 1 aliphatic rings. The molecule has 1 unspecified atom stereocenters. The number of nitrogens with zero attached hydrogens (tertiary/aromatic N) is 4. The Morgan fingerprint density at radius 2 is 2.21 bits per heavy atom. The van der Waals surface area contributed by atoms with Crippen LogP contribution in [0.15, 0.2) is 11.2 Å². The van der Waals surface area contributed by atoms with E-state index in [2.05, 4.69) is 14.9 Å². The molecule has 1 saturated heterocycles. The molecule has 19 heavy (non-hydrogen) atoms. The third-order valence-electron chi connectivity index (χ3n) is 3.31. The molecule has 0 aliphatic carbocycles. The first kappa shape index (κ1) is 14.1. The van der Waals surface area contributed by atoms with Crippen LogP contribution in [0.4, 0.5) is 5.82 Å². The van der Waals surface area contributed by atoms with E-state index in [9.17, 15) is 4.79 Å². The molecule has 0 N–H and O–H groups in total. The highest BCUT2D eigenvalue weighted by atomic mass is 32.2. The number of thioether (sulfide) groups is 1. The number of aryl methyl sites for hydroxylation is 1. The smallest absolute Gasteiger partial charge is 0.227 e. The number of anilines is 1. The van der Waals surface area contributed by atoms with Gasteiger partial charge < -0.3 is 9.80 Å². The van der Waals surface area contributed by atoms with Gasteiger partial charge in [-0.05, 0) is 19.6 Å². The second kappa shape index (κ2) is 5.77. The van der Waals surface area contributed by atoms with Gasteiger partial charge in [-0.25, -0.2) is 9.97 Å². The molecule has 1 aromatic heterocycles. The second-order valence-corrected chi connectivity index (χ2v) is 5.79. The van der Waals surface area contributed by atoms with E-state index >= 15 is 0 Å². The van der Waals surface area contributed by atoms with Crippen LogP contribution < -0.4 is 4.90 Å². The van der Waals surface area contributed by atoms with Crippen LogP contribution in [-0.4, -0.2) is 54.2 Å². The molecule has 0 aromatic carbocycles. The molecular formula is C13H20N4OS. The molecule has 0 spiro atoms. The summed E-state index contributed by atoms with van der Waals surface area (Å²) in [5.41, 5.74) is 0.969. The number of carbonyl (C=O) groups excluding carboxylic acids is 1. The predicted octanol–water partition coefficient (Wildman–Crippen LogP) is 1.42. The zero-order valence-electron chi connectivity index (χ0n) is 11.9. The average molecular weight is 280 g/mol. The van der Waals surface area contributed by atoms with Crippen molar-refractivity contribution in [3.8, 4) is 0 Å². The van der Waals surface area contributed by atoms with E-state index in [1.54, 1.807) is 16.7 Å². The summed E-state index contributed by atoms with van der Waals surface area (Å²) in [6.45, 7) is 3.61. The minimum Gasteiger partial charge on any atom is -0.356 e. The van der Waals surface area contributed by atoms with Gasteiger partial charge in [0.25, 0.3) is 0 Å². The minimum absolute atomic E-state index is 0.0861. The van der Waals surface area contributed by atoms with Crippen LogP contribution in [0.5, 0.6) is 0 Å². The van der Waals surface area contributed by atoms with Crippen molar-refractivity contribution >= 4 is 23.5 Å². The number of carbonyl (C=O) groups is 1. The second-order valence-electron chi connectivity index (χ2n) is 5.02. The molecule has 1 fully saturated rings. The fraction of sp³-hybridized carbons (Fsp3) is 0.615. The Bertz CT molecular complexity index is 478. The molecule has 1 amide bonds.